The molecule has 0 aliphatic carbocycles. The highest BCUT2D eigenvalue weighted by Crippen LogP contribution is 2.43. The van der Waals surface area contributed by atoms with Gasteiger partial charge in [0.05, 0.1) is 27.0 Å². The number of methoxy groups -OCH3 is 3. The summed E-state index contributed by atoms with van der Waals surface area (Å²) < 4.78 is 16.2. The normalized spacial score (nSPS) is 10.7. The van der Waals surface area contributed by atoms with Gasteiger partial charge in [-0.05, 0) is 12.1 Å². The molecule has 2 aromatic carbocycles. The van der Waals surface area contributed by atoms with E-state index in [0.717, 1.165) is 26.8 Å². The van der Waals surface area contributed by atoms with Crippen LogP contribution in [0.25, 0.3) is 21.1 Å². The average Bonchev–Trinajstić information content (AvgIpc) is 3.39. The number of anilines is 4. The Balaban J connectivity index is 1.62. The number of nitrogens with zero attached hydrogens (tertiary/aromatic N) is 2. The van der Waals surface area contributed by atoms with Crippen LogP contribution in [0.2, 0.25) is 0 Å². The van der Waals surface area contributed by atoms with Gasteiger partial charge in [0, 0.05) is 34.5 Å². The number of rotatable bonds is 7. The lowest BCUT2D eigenvalue weighted by molar-refractivity contribution is 0.324. The Morgan fingerprint density at radius 2 is 1.68 bits per heavy atom. The highest BCUT2D eigenvalue weighted by molar-refractivity contribution is 7.23. The van der Waals surface area contributed by atoms with Crippen LogP contribution in [0.1, 0.15) is 0 Å². The third-order valence-electron chi connectivity index (χ3n) is 4.45. The Labute approximate surface area is 187 Å². The molecule has 10 heteroatoms. The molecule has 31 heavy (non-hydrogen) atoms. The SMILES string of the molecule is COc1cc(Nc2nc(N)c(-c3nc(-c4cccc(N)c4)cs3)s2)cc(OC)c1OC. The molecule has 8 nitrogen and oxygen atoms in total. The second-order valence-corrected chi connectivity index (χ2v) is 8.29. The Morgan fingerprint density at radius 3 is 2.32 bits per heavy atom. The van der Waals surface area contributed by atoms with Crippen LogP contribution in [0.5, 0.6) is 17.2 Å². The summed E-state index contributed by atoms with van der Waals surface area (Å²) in [6, 6.07) is 11.2. The Morgan fingerprint density at radius 1 is 0.935 bits per heavy atom. The number of hydrogen-bond donors (Lipinski definition) is 3. The number of aromatic nitrogens is 2. The average molecular weight is 456 g/mol. The fourth-order valence-corrected chi connectivity index (χ4v) is 4.86. The second-order valence-electron chi connectivity index (χ2n) is 6.44. The quantitative estimate of drug-likeness (QED) is 0.338. The predicted molar refractivity (Wildman–Crippen MR) is 127 cm³/mol. The van der Waals surface area contributed by atoms with Gasteiger partial charge >= 0.3 is 0 Å². The number of hydrogen-bond acceptors (Lipinski definition) is 10. The summed E-state index contributed by atoms with van der Waals surface area (Å²) in [7, 11) is 4.70. The Bertz CT molecular complexity index is 1200. The zero-order valence-corrected chi connectivity index (χ0v) is 18.8. The van der Waals surface area contributed by atoms with Gasteiger partial charge in [-0.2, -0.15) is 0 Å². The van der Waals surface area contributed by atoms with E-state index < -0.39 is 0 Å². The first-order chi connectivity index (χ1) is 15.0. The summed E-state index contributed by atoms with van der Waals surface area (Å²) in [4.78, 5) is 9.97. The van der Waals surface area contributed by atoms with E-state index in [1.54, 1.807) is 33.5 Å². The van der Waals surface area contributed by atoms with Crippen molar-refractivity contribution in [3.63, 3.8) is 0 Å². The van der Waals surface area contributed by atoms with E-state index >= 15 is 0 Å². The Hall–Kier alpha value is -3.50. The molecule has 0 aliphatic heterocycles. The fourth-order valence-electron chi connectivity index (χ4n) is 3.02. The summed E-state index contributed by atoms with van der Waals surface area (Å²) in [6.07, 6.45) is 0. The third kappa shape index (κ3) is 4.21. The van der Waals surface area contributed by atoms with Gasteiger partial charge in [-0.3, -0.25) is 0 Å². The number of nitrogens with two attached hydrogens (primary N) is 2. The summed E-state index contributed by atoms with van der Waals surface area (Å²) in [5, 5.41) is 6.66. The van der Waals surface area contributed by atoms with Crippen molar-refractivity contribution in [2.24, 2.45) is 0 Å². The molecule has 0 spiro atoms. The van der Waals surface area contributed by atoms with Crippen molar-refractivity contribution in [2.75, 3.05) is 38.1 Å². The van der Waals surface area contributed by atoms with E-state index in [2.05, 4.69) is 10.3 Å². The maximum atomic E-state index is 6.19. The summed E-state index contributed by atoms with van der Waals surface area (Å²) in [6.45, 7) is 0. The van der Waals surface area contributed by atoms with Crippen LogP contribution >= 0.6 is 22.7 Å². The van der Waals surface area contributed by atoms with Crippen molar-refractivity contribution in [2.45, 2.75) is 0 Å². The smallest absolute Gasteiger partial charge is 0.203 e. The van der Waals surface area contributed by atoms with E-state index in [1.807, 2.05) is 29.6 Å². The first kappa shape index (κ1) is 20.8. The zero-order valence-electron chi connectivity index (χ0n) is 17.1. The monoisotopic (exact) mass is 455 g/mol. The van der Waals surface area contributed by atoms with Gasteiger partial charge in [0.2, 0.25) is 5.75 Å². The minimum absolute atomic E-state index is 0.411. The van der Waals surface area contributed by atoms with Gasteiger partial charge in [0.25, 0.3) is 0 Å². The molecule has 2 heterocycles. The lowest BCUT2D eigenvalue weighted by Gasteiger charge is -2.14. The van der Waals surface area contributed by atoms with E-state index in [0.29, 0.717) is 33.9 Å². The molecule has 5 N–H and O–H groups in total. The molecule has 0 saturated carbocycles. The standard InChI is InChI=1S/C21H21N5O3S2/c1-27-15-8-13(9-16(28-2)17(15)29-3)24-21-26-19(23)18(31-21)20-25-14(10-30-20)11-5-4-6-12(22)7-11/h4-10H,22-23H2,1-3H3,(H,24,26). The van der Waals surface area contributed by atoms with Crippen molar-refractivity contribution in [1.29, 1.82) is 0 Å². The van der Waals surface area contributed by atoms with Crippen molar-refractivity contribution in [3.8, 4) is 38.4 Å². The largest absolute Gasteiger partial charge is 0.493 e. The van der Waals surface area contributed by atoms with Crippen molar-refractivity contribution in [1.82, 2.24) is 9.97 Å². The van der Waals surface area contributed by atoms with Crippen LogP contribution in [0.15, 0.2) is 41.8 Å². The Kier molecular flexibility index (Phi) is 5.83. The number of thiazole rings is 2. The molecule has 4 rings (SSSR count). The van der Waals surface area contributed by atoms with Gasteiger partial charge in [0.15, 0.2) is 16.6 Å². The van der Waals surface area contributed by atoms with Crippen LogP contribution in [0.3, 0.4) is 0 Å². The molecule has 160 valence electrons. The summed E-state index contributed by atoms with van der Waals surface area (Å²) >= 11 is 2.93. The molecule has 0 aliphatic rings. The first-order valence-corrected chi connectivity index (χ1v) is 10.9. The molecule has 2 aromatic heterocycles. The van der Waals surface area contributed by atoms with E-state index in [-0.39, 0.29) is 0 Å². The molecule has 0 bridgehead atoms. The van der Waals surface area contributed by atoms with E-state index in [4.69, 9.17) is 30.7 Å². The second kappa shape index (κ2) is 8.70. The van der Waals surface area contributed by atoms with Crippen LogP contribution in [-0.2, 0) is 0 Å². The molecule has 0 saturated heterocycles. The minimum Gasteiger partial charge on any atom is -0.493 e. The number of benzene rings is 2. The number of nitrogen functional groups attached to an aromatic ring is 2. The lowest BCUT2D eigenvalue weighted by atomic mass is 10.1. The van der Waals surface area contributed by atoms with Crippen LogP contribution < -0.4 is 31.0 Å². The molecule has 4 aromatic rings. The van der Waals surface area contributed by atoms with E-state index in [1.165, 1.54) is 22.7 Å². The van der Waals surface area contributed by atoms with Crippen LogP contribution in [0, 0.1) is 0 Å². The van der Waals surface area contributed by atoms with Gasteiger partial charge in [-0.1, -0.05) is 23.5 Å². The lowest BCUT2D eigenvalue weighted by Crippen LogP contribution is -1.97. The van der Waals surface area contributed by atoms with Crippen molar-refractivity contribution >= 4 is 45.0 Å². The van der Waals surface area contributed by atoms with E-state index in [9.17, 15) is 0 Å². The maximum absolute atomic E-state index is 6.19. The van der Waals surface area contributed by atoms with Gasteiger partial charge in [-0.25, -0.2) is 9.97 Å². The maximum Gasteiger partial charge on any atom is 0.203 e. The van der Waals surface area contributed by atoms with Crippen molar-refractivity contribution < 1.29 is 14.2 Å². The minimum atomic E-state index is 0.411. The van der Waals surface area contributed by atoms with Crippen LogP contribution in [0.4, 0.5) is 22.3 Å². The molecule has 0 amide bonds. The number of nitrogens with one attached hydrogen (secondary N) is 1. The predicted octanol–water partition coefficient (Wildman–Crippen LogP) is 4.87. The van der Waals surface area contributed by atoms with Gasteiger partial charge in [-0.15, -0.1) is 11.3 Å². The van der Waals surface area contributed by atoms with Crippen molar-refractivity contribution in [3.05, 3.63) is 41.8 Å². The topological polar surface area (TPSA) is 118 Å². The van der Waals surface area contributed by atoms with Gasteiger partial charge in [0.1, 0.15) is 15.7 Å². The first-order valence-electron chi connectivity index (χ1n) is 9.17. The highest BCUT2D eigenvalue weighted by atomic mass is 32.1. The fraction of sp³-hybridized carbons (Fsp3) is 0.143. The summed E-state index contributed by atoms with van der Waals surface area (Å²) in [5.41, 5.74) is 15.3. The number of ether oxygens (including phenoxy) is 3. The molecule has 0 atom stereocenters. The molecule has 0 unspecified atom stereocenters. The molecule has 0 radical (unpaired) electrons. The van der Waals surface area contributed by atoms with Crippen LogP contribution in [-0.4, -0.2) is 31.3 Å². The molecular formula is C21H21N5O3S2. The highest BCUT2D eigenvalue weighted by Gasteiger charge is 2.17. The molecule has 0 fully saturated rings. The summed E-state index contributed by atoms with van der Waals surface area (Å²) in [5.74, 6) is 2.02. The molecular weight excluding hydrogens is 434 g/mol. The zero-order chi connectivity index (χ0) is 22.0. The van der Waals surface area contributed by atoms with Gasteiger partial charge < -0.3 is 31.0 Å². The third-order valence-corrected chi connectivity index (χ3v) is 6.43.